The normalized spacial score (nSPS) is 41.9. The Hall–Kier alpha value is -2.88. The Morgan fingerprint density at radius 3 is 2.16 bits per heavy atom. The number of Topliss-reactive ketones (excluding diaryl/α,β-unsaturated/α-hetero) is 1. The van der Waals surface area contributed by atoms with Crippen LogP contribution in [0.2, 0.25) is 0 Å². The van der Waals surface area contributed by atoms with E-state index in [1.54, 1.807) is 74.5 Å². The average molecular weight is 605 g/mol. The average Bonchev–Trinajstić information content (AvgIpc) is 3.24. The molecule has 236 valence electrons. The maximum absolute atomic E-state index is 13.6. The van der Waals surface area contributed by atoms with E-state index in [1.807, 2.05) is 13.0 Å². The third-order valence-corrected chi connectivity index (χ3v) is 12.3. The monoisotopic (exact) mass is 604 g/mol. The largest absolute Gasteiger partial charge is 0.458 e. The lowest BCUT2D eigenvalue weighted by molar-refractivity contribution is -0.339. The highest BCUT2D eigenvalue weighted by atomic mass is 16.5. The van der Waals surface area contributed by atoms with Crippen LogP contribution in [0.3, 0.4) is 0 Å². The summed E-state index contributed by atoms with van der Waals surface area (Å²) in [4.78, 5) is 26.9. The molecule has 0 aliphatic heterocycles. The van der Waals surface area contributed by atoms with E-state index in [9.17, 15) is 35.1 Å². The first-order valence-corrected chi connectivity index (χ1v) is 15.8. The van der Waals surface area contributed by atoms with E-state index in [1.165, 1.54) is 0 Å². The number of aliphatic hydroxyl groups is 5. The van der Waals surface area contributed by atoms with Gasteiger partial charge >= 0.3 is 5.97 Å². The molecule has 0 amide bonds. The lowest BCUT2D eigenvalue weighted by atomic mass is 9.41. The standard InChI is InChI=1S/C36H44O8/c1-22(18-27(38)23-10-6-4-7-11-23)34(41)16-17-35(42)33(34,3)30(44-31(40)24-12-8-5-9-13-24)21-28-32(2)15-14-26(37)19-25(32)20-29(39)36(28,35)43/h4-13,20,22,26,28-30,37,39,41-43H,14-19,21H2,1-3H3/t22-,26+,28-,29-,30-,32+,33-,34-,35-,36-/m1/s1. The van der Waals surface area contributed by atoms with Gasteiger partial charge in [0.1, 0.15) is 23.4 Å². The molecule has 0 aromatic heterocycles. The summed E-state index contributed by atoms with van der Waals surface area (Å²) in [6, 6.07) is 17.3. The molecule has 10 atom stereocenters. The molecule has 8 nitrogen and oxygen atoms in total. The van der Waals surface area contributed by atoms with Crippen molar-refractivity contribution in [3.63, 3.8) is 0 Å². The molecule has 0 radical (unpaired) electrons. The Kier molecular flexibility index (Phi) is 7.49. The third kappa shape index (κ3) is 4.14. The third-order valence-electron chi connectivity index (χ3n) is 12.3. The molecule has 0 bridgehead atoms. The Morgan fingerprint density at radius 2 is 1.52 bits per heavy atom. The van der Waals surface area contributed by atoms with Crippen molar-refractivity contribution in [1.82, 2.24) is 0 Å². The first-order chi connectivity index (χ1) is 20.7. The molecule has 5 N–H and O–H groups in total. The fourth-order valence-electron chi connectivity index (χ4n) is 9.60. The van der Waals surface area contributed by atoms with Crippen molar-refractivity contribution in [3.05, 3.63) is 83.4 Å². The maximum Gasteiger partial charge on any atom is 0.338 e. The summed E-state index contributed by atoms with van der Waals surface area (Å²) in [5, 5.41) is 60.5. The molecule has 44 heavy (non-hydrogen) atoms. The molecule has 8 heteroatoms. The maximum atomic E-state index is 13.6. The van der Waals surface area contributed by atoms with Crippen molar-refractivity contribution >= 4 is 11.8 Å². The lowest BCUT2D eigenvalue weighted by Crippen LogP contribution is -2.81. The minimum atomic E-state index is -2.09. The number of esters is 1. The number of benzene rings is 2. The van der Waals surface area contributed by atoms with Crippen LogP contribution in [-0.2, 0) is 4.74 Å². The van der Waals surface area contributed by atoms with Gasteiger partial charge in [0.05, 0.1) is 22.7 Å². The van der Waals surface area contributed by atoms with Crippen LogP contribution in [0.5, 0.6) is 0 Å². The molecule has 0 heterocycles. The van der Waals surface area contributed by atoms with Crippen LogP contribution in [0.15, 0.2) is 72.3 Å². The quantitative estimate of drug-likeness (QED) is 0.189. The number of aliphatic hydroxyl groups excluding tert-OH is 2. The van der Waals surface area contributed by atoms with Gasteiger partial charge < -0.3 is 30.3 Å². The van der Waals surface area contributed by atoms with Gasteiger partial charge in [0.15, 0.2) is 5.78 Å². The molecule has 3 fully saturated rings. The number of hydrogen-bond acceptors (Lipinski definition) is 8. The van der Waals surface area contributed by atoms with Gasteiger partial charge in [0.25, 0.3) is 0 Å². The van der Waals surface area contributed by atoms with Gasteiger partial charge in [-0.25, -0.2) is 4.79 Å². The summed E-state index contributed by atoms with van der Waals surface area (Å²) in [5.41, 5.74) is -6.67. The van der Waals surface area contributed by atoms with E-state index in [2.05, 4.69) is 0 Å². The fraction of sp³-hybridized carbons (Fsp3) is 0.556. The highest BCUT2D eigenvalue weighted by Crippen LogP contribution is 2.72. The second kappa shape index (κ2) is 10.6. The number of carbonyl (C=O) groups excluding carboxylic acids is 2. The molecule has 3 saturated carbocycles. The Balaban J connectivity index is 1.46. The minimum Gasteiger partial charge on any atom is -0.458 e. The second-order valence-corrected chi connectivity index (χ2v) is 14.2. The summed E-state index contributed by atoms with van der Waals surface area (Å²) >= 11 is 0. The highest BCUT2D eigenvalue weighted by Gasteiger charge is 2.82. The smallest absolute Gasteiger partial charge is 0.338 e. The van der Waals surface area contributed by atoms with Crippen LogP contribution in [-0.4, -0.2) is 72.4 Å². The number of ether oxygens (including phenoxy) is 1. The summed E-state index contributed by atoms with van der Waals surface area (Å²) in [7, 11) is 0. The molecular formula is C36H44O8. The summed E-state index contributed by atoms with van der Waals surface area (Å²) < 4.78 is 6.26. The second-order valence-electron chi connectivity index (χ2n) is 14.2. The zero-order valence-electron chi connectivity index (χ0n) is 25.6. The molecule has 0 unspecified atom stereocenters. The Morgan fingerprint density at radius 1 is 0.909 bits per heavy atom. The Labute approximate surface area is 258 Å². The summed E-state index contributed by atoms with van der Waals surface area (Å²) in [5.74, 6) is -2.23. The van der Waals surface area contributed by atoms with Crippen LogP contribution < -0.4 is 0 Å². The van der Waals surface area contributed by atoms with E-state index in [4.69, 9.17) is 4.74 Å². The van der Waals surface area contributed by atoms with Gasteiger partial charge in [-0.05, 0) is 62.0 Å². The summed E-state index contributed by atoms with van der Waals surface area (Å²) in [6.07, 6.45) is -0.225. The zero-order valence-corrected chi connectivity index (χ0v) is 25.6. The van der Waals surface area contributed by atoms with E-state index >= 15 is 0 Å². The van der Waals surface area contributed by atoms with Crippen molar-refractivity contribution in [2.75, 3.05) is 0 Å². The van der Waals surface area contributed by atoms with Gasteiger partial charge in [0.2, 0.25) is 0 Å². The van der Waals surface area contributed by atoms with Crippen molar-refractivity contribution in [2.24, 2.45) is 22.7 Å². The molecule has 2 aromatic rings. The van der Waals surface area contributed by atoms with E-state index in [0.29, 0.717) is 30.4 Å². The van der Waals surface area contributed by atoms with Crippen LogP contribution in [0, 0.1) is 22.7 Å². The van der Waals surface area contributed by atoms with Crippen LogP contribution in [0.25, 0.3) is 0 Å². The molecule has 6 rings (SSSR count). The number of fused-ring (bicyclic) bond motifs is 5. The molecule has 4 aliphatic carbocycles. The fourth-order valence-corrected chi connectivity index (χ4v) is 9.60. The van der Waals surface area contributed by atoms with E-state index in [0.717, 1.165) is 5.57 Å². The van der Waals surface area contributed by atoms with Gasteiger partial charge in [0, 0.05) is 17.9 Å². The molecular weight excluding hydrogens is 560 g/mol. The van der Waals surface area contributed by atoms with Crippen LogP contribution in [0.4, 0.5) is 0 Å². The van der Waals surface area contributed by atoms with Crippen molar-refractivity contribution < 1.29 is 39.9 Å². The van der Waals surface area contributed by atoms with Crippen molar-refractivity contribution in [3.8, 4) is 0 Å². The minimum absolute atomic E-state index is 0.0242. The number of hydrogen-bond donors (Lipinski definition) is 5. The predicted molar refractivity (Wildman–Crippen MR) is 163 cm³/mol. The van der Waals surface area contributed by atoms with Crippen LogP contribution in [0.1, 0.15) is 86.4 Å². The molecule has 0 spiro atoms. The molecule has 0 saturated heterocycles. The summed E-state index contributed by atoms with van der Waals surface area (Å²) in [6.45, 7) is 5.37. The zero-order chi connectivity index (χ0) is 31.7. The van der Waals surface area contributed by atoms with Crippen molar-refractivity contribution in [2.45, 2.75) is 101 Å². The predicted octanol–water partition coefficient (Wildman–Crippen LogP) is 3.99. The number of ketones is 1. The van der Waals surface area contributed by atoms with E-state index in [-0.39, 0.29) is 31.5 Å². The number of carbonyl (C=O) groups is 2. The molecule has 4 aliphatic rings. The topological polar surface area (TPSA) is 145 Å². The first-order valence-electron chi connectivity index (χ1n) is 15.8. The van der Waals surface area contributed by atoms with Gasteiger partial charge in [-0.3, -0.25) is 4.79 Å². The Bertz CT molecular complexity index is 1460. The van der Waals surface area contributed by atoms with Crippen LogP contribution >= 0.6 is 0 Å². The first kappa shape index (κ1) is 31.1. The lowest BCUT2D eigenvalue weighted by Gasteiger charge is -2.68. The van der Waals surface area contributed by atoms with E-state index < -0.39 is 63.8 Å². The highest BCUT2D eigenvalue weighted by molar-refractivity contribution is 5.96. The van der Waals surface area contributed by atoms with Crippen molar-refractivity contribution in [1.29, 1.82) is 0 Å². The van der Waals surface area contributed by atoms with Gasteiger partial charge in [-0.1, -0.05) is 81.0 Å². The number of rotatable bonds is 6. The molecule has 2 aromatic carbocycles. The SMILES string of the molecule is C[C@H](CC(=O)c1ccccc1)[C@]1(O)CC[C@]2(O)[C@]3(O)[C@H](O)C=C4C[C@@H](O)CC[C@]4(C)[C@H]3C[C@@H](OC(=O)c3ccccc3)[C@@]21C. The van der Waals surface area contributed by atoms with Gasteiger partial charge in [-0.2, -0.15) is 0 Å². The van der Waals surface area contributed by atoms with Gasteiger partial charge in [-0.15, -0.1) is 0 Å².